The number of anilines is 3. The molecule has 244 valence electrons. The molecule has 3 aromatic heterocycles. The maximum Gasteiger partial charge on any atom is 0.136 e. The largest absolute Gasteiger partial charge is 0.456 e. The summed E-state index contributed by atoms with van der Waals surface area (Å²) in [7, 11) is 0. The third-order valence-corrected chi connectivity index (χ3v) is 12.7. The van der Waals surface area contributed by atoms with Gasteiger partial charge in [-0.2, -0.15) is 0 Å². The zero-order valence-electron chi connectivity index (χ0n) is 27.9. The number of benzene rings is 8. The zero-order chi connectivity index (χ0) is 34.2. The third kappa shape index (κ3) is 4.55. The van der Waals surface area contributed by atoms with Gasteiger partial charge in [0, 0.05) is 52.1 Å². The van der Waals surface area contributed by atoms with Crippen LogP contribution in [0.3, 0.4) is 0 Å². The molecule has 0 saturated heterocycles. The Morgan fingerprint density at radius 3 is 1.92 bits per heavy atom. The van der Waals surface area contributed by atoms with Gasteiger partial charge in [-0.05, 0) is 76.9 Å². The Kier molecular flexibility index (Phi) is 6.63. The Bertz CT molecular complexity index is 3130. The monoisotopic (exact) mass is 699 g/mol. The molecule has 0 aliphatic rings. The van der Waals surface area contributed by atoms with E-state index >= 15 is 0 Å². The fraction of sp³-hybridized carbons (Fsp3) is 0. The van der Waals surface area contributed by atoms with Crippen LogP contribution in [-0.2, 0) is 0 Å². The molecule has 4 heteroatoms. The van der Waals surface area contributed by atoms with Gasteiger partial charge in [0.15, 0.2) is 0 Å². The maximum atomic E-state index is 6.26. The van der Waals surface area contributed by atoms with Crippen molar-refractivity contribution in [2.45, 2.75) is 0 Å². The van der Waals surface area contributed by atoms with Crippen LogP contribution < -0.4 is 4.90 Å². The molecule has 2 nitrogen and oxygen atoms in total. The Labute approximate surface area is 308 Å². The van der Waals surface area contributed by atoms with Crippen LogP contribution in [0.4, 0.5) is 17.1 Å². The molecule has 52 heavy (non-hydrogen) atoms. The van der Waals surface area contributed by atoms with Crippen molar-refractivity contribution in [2.75, 3.05) is 4.90 Å². The van der Waals surface area contributed by atoms with Crippen molar-refractivity contribution in [1.82, 2.24) is 0 Å². The van der Waals surface area contributed by atoms with Gasteiger partial charge in [-0.1, -0.05) is 121 Å². The van der Waals surface area contributed by atoms with E-state index in [4.69, 9.17) is 4.42 Å². The van der Waals surface area contributed by atoms with E-state index in [1.54, 1.807) is 0 Å². The molecule has 11 rings (SSSR count). The predicted molar refractivity (Wildman–Crippen MR) is 225 cm³/mol. The number of hydrogen-bond donors (Lipinski definition) is 0. The number of rotatable bonds is 5. The fourth-order valence-corrected chi connectivity index (χ4v) is 10.4. The summed E-state index contributed by atoms with van der Waals surface area (Å²) in [6.07, 6.45) is 0. The first-order valence-corrected chi connectivity index (χ1v) is 19.1. The summed E-state index contributed by atoms with van der Waals surface area (Å²) in [5, 5.41) is 7.43. The molecule has 0 aliphatic carbocycles. The highest BCUT2D eigenvalue weighted by Crippen LogP contribution is 2.50. The lowest BCUT2D eigenvalue weighted by Gasteiger charge is -2.27. The molecule has 0 aliphatic heterocycles. The molecule has 0 saturated carbocycles. The van der Waals surface area contributed by atoms with Gasteiger partial charge in [0.25, 0.3) is 0 Å². The van der Waals surface area contributed by atoms with Crippen molar-refractivity contribution in [2.24, 2.45) is 0 Å². The van der Waals surface area contributed by atoms with Gasteiger partial charge in [-0.15, -0.1) is 22.7 Å². The number of fused-ring (bicyclic) bond motifs is 9. The first-order chi connectivity index (χ1) is 25.8. The van der Waals surface area contributed by atoms with E-state index in [9.17, 15) is 0 Å². The smallest absolute Gasteiger partial charge is 0.136 e. The summed E-state index contributed by atoms with van der Waals surface area (Å²) in [6, 6.07) is 63.6. The molecule has 8 aromatic carbocycles. The summed E-state index contributed by atoms with van der Waals surface area (Å²) in [5.41, 5.74) is 10.1. The SMILES string of the molecule is c1ccc(-c2cccc3c2sc2c(N(c4ccc(-c5ccc6c(c5)oc5ccccc56)cc4)c4cccc5sc6ccccc6c45)cccc23)cc1. The highest BCUT2D eigenvalue weighted by Gasteiger charge is 2.22. The predicted octanol–water partition coefficient (Wildman–Crippen LogP) is 15.1. The van der Waals surface area contributed by atoms with Crippen LogP contribution in [0.25, 0.3) is 84.5 Å². The van der Waals surface area contributed by atoms with Gasteiger partial charge < -0.3 is 9.32 Å². The lowest BCUT2D eigenvalue weighted by atomic mass is 10.0. The van der Waals surface area contributed by atoms with Crippen LogP contribution in [0.1, 0.15) is 0 Å². The summed E-state index contributed by atoms with van der Waals surface area (Å²) in [6.45, 7) is 0. The minimum Gasteiger partial charge on any atom is -0.456 e. The maximum absolute atomic E-state index is 6.26. The molecule has 11 aromatic rings. The molecule has 0 bridgehead atoms. The lowest BCUT2D eigenvalue weighted by Crippen LogP contribution is -2.10. The van der Waals surface area contributed by atoms with Crippen LogP contribution >= 0.6 is 22.7 Å². The van der Waals surface area contributed by atoms with Gasteiger partial charge in [-0.3, -0.25) is 0 Å². The molecular formula is C48H29NOS2. The second-order valence-corrected chi connectivity index (χ2v) is 15.3. The summed E-state index contributed by atoms with van der Waals surface area (Å²) < 4.78 is 11.4. The van der Waals surface area contributed by atoms with Crippen molar-refractivity contribution in [3.05, 3.63) is 176 Å². The molecule has 0 unspecified atom stereocenters. The molecule has 0 fully saturated rings. The molecule has 0 radical (unpaired) electrons. The number of thiophene rings is 2. The minimum absolute atomic E-state index is 0.909. The Morgan fingerprint density at radius 2 is 1.04 bits per heavy atom. The third-order valence-electron chi connectivity index (χ3n) is 10.3. The summed E-state index contributed by atoms with van der Waals surface area (Å²) in [5.74, 6) is 0. The highest BCUT2D eigenvalue weighted by atomic mass is 32.1. The first-order valence-electron chi connectivity index (χ1n) is 17.5. The van der Waals surface area contributed by atoms with E-state index in [0.29, 0.717) is 0 Å². The van der Waals surface area contributed by atoms with Crippen molar-refractivity contribution in [3.63, 3.8) is 0 Å². The topological polar surface area (TPSA) is 16.4 Å². The molecule has 3 heterocycles. The average Bonchev–Trinajstić information content (AvgIpc) is 3.90. The standard InChI is InChI=1S/C48H29NOS2/c1-2-11-31(12-3-1)34-15-8-16-37-38-17-9-19-41(48(38)52-47(34)37)49(40-18-10-22-45-46(40)39-14-5-7-21-44(39)51-45)33-26-23-30(24-27-33)32-25-28-36-35-13-4-6-20-42(35)50-43(36)29-32/h1-29H. The fourth-order valence-electron chi connectivity index (χ4n) is 7.89. The number of nitrogens with zero attached hydrogens (tertiary/aromatic N) is 1. The van der Waals surface area contributed by atoms with Crippen LogP contribution in [0.5, 0.6) is 0 Å². The minimum atomic E-state index is 0.909. The van der Waals surface area contributed by atoms with Crippen LogP contribution in [-0.4, -0.2) is 0 Å². The normalized spacial score (nSPS) is 11.8. The number of furan rings is 1. The van der Waals surface area contributed by atoms with Gasteiger partial charge in [0.2, 0.25) is 0 Å². The summed E-state index contributed by atoms with van der Waals surface area (Å²) in [4.78, 5) is 2.48. The highest BCUT2D eigenvalue weighted by molar-refractivity contribution is 7.27. The second-order valence-electron chi connectivity index (χ2n) is 13.2. The van der Waals surface area contributed by atoms with Crippen molar-refractivity contribution in [3.8, 4) is 22.3 Å². The van der Waals surface area contributed by atoms with Crippen LogP contribution in [0, 0.1) is 0 Å². The van der Waals surface area contributed by atoms with Gasteiger partial charge in [0.05, 0.1) is 16.1 Å². The van der Waals surface area contributed by atoms with E-state index < -0.39 is 0 Å². The van der Waals surface area contributed by atoms with E-state index in [1.165, 1.54) is 62.8 Å². The Morgan fingerprint density at radius 1 is 0.385 bits per heavy atom. The van der Waals surface area contributed by atoms with Crippen molar-refractivity contribution in [1.29, 1.82) is 0 Å². The molecule has 0 spiro atoms. The lowest BCUT2D eigenvalue weighted by molar-refractivity contribution is 0.669. The van der Waals surface area contributed by atoms with E-state index in [-0.39, 0.29) is 0 Å². The van der Waals surface area contributed by atoms with E-state index in [2.05, 4.69) is 169 Å². The molecule has 0 amide bonds. The van der Waals surface area contributed by atoms with Crippen LogP contribution in [0.15, 0.2) is 180 Å². The quantitative estimate of drug-likeness (QED) is 0.178. The number of hydrogen-bond acceptors (Lipinski definition) is 4. The Hall–Kier alpha value is -6.20. The molecule has 0 N–H and O–H groups in total. The second kappa shape index (κ2) is 11.7. The average molecular weight is 700 g/mol. The van der Waals surface area contributed by atoms with E-state index in [0.717, 1.165) is 38.8 Å². The summed E-state index contributed by atoms with van der Waals surface area (Å²) >= 11 is 3.75. The zero-order valence-corrected chi connectivity index (χ0v) is 29.5. The van der Waals surface area contributed by atoms with Gasteiger partial charge in [0.1, 0.15) is 11.2 Å². The first kappa shape index (κ1) is 29.5. The van der Waals surface area contributed by atoms with Gasteiger partial charge in [-0.25, -0.2) is 0 Å². The van der Waals surface area contributed by atoms with Gasteiger partial charge >= 0.3 is 0 Å². The van der Waals surface area contributed by atoms with Crippen molar-refractivity contribution >= 4 is 102 Å². The van der Waals surface area contributed by atoms with Crippen molar-refractivity contribution < 1.29 is 4.42 Å². The number of para-hydroxylation sites is 1. The van der Waals surface area contributed by atoms with Crippen LogP contribution in [0.2, 0.25) is 0 Å². The Balaban J connectivity index is 1.12. The molecular weight excluding hydrogens is 671 g/mol. The molecule has 0 atom stereocenters. The van der Waals surface area contributed by atoms with E-state index in [1.807, 2.05) is 34.8 Å².